The Bertz CT molecular complexity index is 1110. The number of hydrogen-bond acceptors (Lipinski definition) is 4. The average molecular weight is 416 g/mol. The van der Waals surface area contributed by atoms with Crippen LogP contribution in [0.25, 0.3) is 28.1 Å². The highest BCUT2D eigenvalue weighted by molar-refractivity contribution is 5.99. The molecule has 1 fully saturated rings. The van der Waals surface area contributed by atoms with Crippen molar-refractivity contribution >= 4 is 17.0 Å². The maximum Gasteiger partial charge on any atom is 0.0876 e. The van der Waals surface area contributed by atoms with Gasteiger partial charge >= 0.3 is 0 Å². The van der Waals surface area contributed by atoms with Crippen molar-refractivity contribution in [2.24, 2.45) is 0 Å². The number of aromatic nitrogens is 1. The van der Waals surface area contributed by atoms with E-state index in [4.69, 9.17) is 4.98 Å². The van der Waals surface area contributed by atoms with E-state index in [-0.39, 0.29) is 18.6 Å². The van der Waals surface area contributed by atoms with Gasteiger partial charge in [0.25, 0.3) is 0 Å². The SMILES string of the molecule is C=C(O)CC(O)CC(O)/C=C/c1c(C2CC2)nc2ccccc2c1-c1ccc(C)cc1. The van der Waals surface area contributed by atoms with E-state index in [1.165, 1.54) is 5.56 Å². The van der Waals surface area contributed by atoms with E-state index in [9.17, 15) is 15.3 Å². The topological polar surface area (TPSA) is 73.6 Å². The maximum atomic E-state index is 10.5. The molecule has 2 unspecified atom stereocenters. The fraction of sp³-hybridized carbons (Fsp3) is 0.296. The van der Waals surface area contributed by atoms with Gasteiger partial charge in [-0.3, -0.25) is 4.98 Å². The number of aliphatic hydroxyl groups is 3. The number of nitrogens with zero attached hydrogens (tertiary/aromatic N) is 1. The molecule has 0 aliphatic heterocycles. The number of aryl methyl sites for hydroxylation is 1. The molecule has 2 aromatic carbocycles. The predicted octanol–water partition coefficient (Wildman–Crippen LogP) is 5.67. The maximum absolute atomic E-state index is 10.5. The van der Waals surface area contributed by atoms with Crippen molar-refractivity contribution in [2.45, 2.75) is 50.7 Å². The number of aliphatic hydroxyl groups excluding tert-OH is 3. The fourth-order valence-corrected chi connectivity index (χ4v) is 4.03. The van der Waals surface area contributed by atoms with Gasteiger partial charge in [-0.15, -0.1) is 0 Å². The van der Waals surface area contributed by atoms with E-state index in [0.717, 1.165) is 46.1 Å². The van der Waals surface area contributed by atoms with Crippen LogP contribution in [0.3, 0.4) is 0 Å². The number of para-hydroxylation sites is 1. The molecule has 0 spiro atoms. The summed E-state index contributed by atoms with van der Waals surface area (Å²) in [6.45, 7) is 5.48. The standard InChI is InChI=1S/C27H29NO3/c1-17-7-9-19(10-8-17)26-23-5-3-4-6-25(23)28-27(20-11-12-20)24(26)14-13-21(30)16-22(31)15-18(2)29/h3-10,13-14,20-22,29-31H,2,11-12,15-16H2,1H3/b14-13+. The van der Waals surface area contributed by atoms with Gasteiger partial charge in [0, 0.05) is 35.3 Å². The van der Waals surface area contributed by atoms with Crippen molar-refractivity contribution < 1.29 is 15.3 Å². The fourth-order valence-electron chi connectivity index (χ4n) is 4.03. The predicted molar refractivity (Wildman–Crippen MR) is 126 cm³/mol. The van der Waals surface area contributed by atoms with Crippen LogP contribution in [0.5, 0.6) is 0 Å². The summed E-state index contributed by atoms with van der Waals surface area (Å²) in [4.78, 5) is 4.99. The quantitative estimate of drug-likeness (QED) is 0.414. The summed E-state index contributed by atoms with van der Waals surface area (Å²) in [7, 11) is 0. The van der Waals surface area contributed by atoms with Crippen LogP contribution in [0.4, 0.5) is 0 Å². The molecular formula is C27H29NO3. The normalized spacial score (nSPS) is 16.0. The summed E-state index contributed by atoms with van der Waals surface area (Å²) < 4.78 is 0. The Morgan fingerprint density at radius 1 is 1.13 bits per heavy atom. The minimum absolute atomic E-state index is 0.0599. The summed E-state index contributed by atoms with van der Waals surface area (Å²) >= 11 is 0. The smallest absolute Gasteiger partial charge is 0.0876 e. The molecule has 160 valence electrons. The highest BCUT2D eigenvalue weighted by atomic mass is 16.3. The van der Waals surface area contributed by atoms with Gasteiger partial charge in [-0.1, -0.05) is 66.8 Å². The molecule has 3 aromatic rings. The van der Waals surface area contributed by atoms with Crippen molar-refractivity contribution in [3.63, 3.8) is 0 Å². The number of pyridine rings is 1. The lowest BCUT2D eigenvalue weighted by atomic mass is 9.91. The second-order valence-electron chi connectivity index (χ2n) is 8.53. The number of benzene rings is 2. The molecule has 2 atom stereocenters. The molecule has 1 aliphatic rings. The van der Waals surface area contributed by atoms with Crippen molar-refractivity contribution in [1.29, 1.82) is 0 Å². The van der Waals surface area contributed by atoms with Gasteiger partial charge in [0.2, 0.25) is 0 Å². The molecule has 1 aliphatic carbocycles. The molecule has 4 rings (SSSR count). The monoisotopic (exact) mass is 415 g/mol. The van der Waals surface area contributed by atoms with Crippen LogP contribution < -0.4 is 0 Å². The molecule has 3 N–H and O–H groups in total. The van der Waals surface area contributed by atoms with Crippen molar-refractivity contribution in [2.75, 3.05) is 0 Å². The molecule has 31 heavy (non-hydrogen) atoms. The van der Waals surface area contributed by atoms with E-state index in [1.807, 2.05) is 18.2 Å². The first-order chi connectivity index (χ1) is 14.9. The molecule has 4 heteroatoms. The minimum atomic E-state index is -0.841. The van der Waals surface area contributed by atoms with E-state index < -0.39 is 12.2 Å². The molecule has 0 saturated heterocycles. The number of fused-ring (bicyclic) bond motifs is 1. The first kappa shape index (κ1) is 21.3. The van der Waals surface area contributed by atoms with Crippen LogP contribution in [0, 0.1) is 6.92 Å². The first-order valence-electron chi connectivity index (χ1n) is 10.8. The van der Waals surface area contributed by atoms with Crippen LogP contribution in [0.1, 0.15) is 48.4 Å². The summed E-state index contributed by atoms with van der Waals surface area (Å²) in [6, 6.07) is 16.7. The summed E-state index contributed by atoms with van der Waals surface area (Å²) in [5.74, 6) is 0.356. The van der Waals surface area contributed by atoms with Gasteiger partial charge < -0.3 is 15.3 Å². The minimum Gasteiger partial charge on any atom is -0.513 e. The molecule has 4 nitrogen and oxygen atoms in total. The Labute approximate surface area is 183 Å². The van der Waals surface area contributed by atoms with Crippen LogP contribution in [-0.2, 0) is 0 Å². The van der Waals surface area contributed by atoms with Crippen LogP contribution >= 0.6 is 0 Å². The molecule has 1 aromatic heterocycles. The Balaban J connectivity index is 1.79. The average Bonchev–Trinajstić information content (AvgIpc) is 3.56. The second kappa shape index (κ2) is 9.04. The third-order valence-corrected chi connectivity index (χ3v) is 5.73. The highest BCUT2D eigenvalue weighted by Gasteiger charge is 2.29. The zero-order valence-corrected chi connectivity index (χ0v) is 17.8. The van der Waals surface area contributed by atoms with E-state index >= 15 is 0 Å². The van der Waals surface area contributed by atoms with Gasteiger partial charge in [0.1, 0.15) is 0 Å². The second-order valence-corrected chi connectivity index (χ2v) is 8.53. The summed E-state index contributed by atoms with van der Waals surface area (Å²) in [5.41, 5.74) is 6.54. The van der Waals surface area contributed by atoms with Crippen LogP contribution in [0.15, 0.2) is 66.9 Å². The lowest BCUT2D eigenvalue weighted by Crippen LogP contribution is -2.16. The molecular weight excluding hydrogens is 386 g/mol. The third kappa shape index (κ3) is 5.04. The Morgan fingerprint density at radius 3 is 2.52 bits per heavy atom. The molecule has 1 heterocycles. The third-order valence-electron chi connectivity index (χ3n) is 5.73. The van der Waals surface area contributed by atoms with Gasteiger partial charge in [0.15, 0.2) is 0 Å². The van der Waals surface area contributed by atoms with Crippen LogP contribution in [-0.4, -0.2) is 32.5 Å². The molecule has 0 radical (unpaired) electrons. The summed E-state index contributed by atoms with van der Waals surface area (Å²) in [6.07, 6.45) is 4.44. The largest absolute Gasteiger partial charge is 0.513 e. The Morgan fingerprint density at radius 2 is 1.84 bits per heavy atom. The lowest BCUT2D eigenvalue weighted by molar-refractivity contribution is 0.0966. The molecule has 0 bridgehead atoms. The lowest BCUT2D eigenvalue weighted by Gasteiger charge is -2.17. The first-order valence-corrected chi connectivity index (χ1v) is 10.8. The van der Waals surface area contributed by atoms with Crippen molar-refractivity contribution in [3.05, 3.63) is 83.8 Å². The van der Waals surface area contributed by atoms with E-state index in [0.29, 0.717) is 5.92 Å². The van der Waals surface area contributed by atoms with Gasteiger partial charge in [-0.2, -0.15) is 0 Å². The van der Waals surface area contributed by atoms with E-state index in [2.05, 4.69) is 49.9 Å². The van der Waals surface area contributed by atoms with E-state index in [1.54, 1.807) is 6.08 Å². The zero-order chi connectivity index (χ0) is 22.0. The highest BCUT2D eigenvalue weighted by Crippen LogP contribution is 2.45. The number of hydrogen-bond donors (Lipinski definition) is 3. The summed E-state index contributed by atoms with van der Waals surface area (Å²) in [5, 5.41) is 30.8. The molecule has 1 saturated carbocycles. The number of rotatable bonds is 8. The Hall–Kier alpha value is -2.95. The van der Waals surface area contributed by atoms with Crippen molar-refractivity contribution in [1.82, 2.24) is 4.98 Å². The van der Waals surface area contributed by atoms with Gasteiger partial charge in [-0.25, -0.2) is 0 Å². The molecule has 0 amide bonds. The van der Waals surface area contributed by atoms with Gasteiger partial charge in [-0.05, 0) is 31.4 Å². The Kier molecular flexibility index (Phi) is 6.21. The van der Waals surface area contributed by atoms with Crippen LogP contribution in [0.2, 0.25) is 0 Å². The van der Waals surface area contributed by atoms with Crippen molar-refractivity contribution in [3.8, 4) is 11.1 Å². The van der Waals surface area contributed by atoms with Gasteiger partial charge in [0.05, 0.1) is 29.2 Å². The zero-order valence-electron chi connectivity index (χ0n) is 17.8.